The Kier molecular flexibility index (Phi) is 6.90. The molecule has 6 rings (SSSR count). The molecule has 1 aromatic carbocycles. The Hall–Kier alpha value is -2.56. The first-order valence-electron chi connectivity index (χ1n) is 13.5. The van der Waals surface area contributed by atoms with E-state index >= 15 is 0 Å². The number of alkyl halides is 3. The second-order valence-electron chi connectivity index (χ2n) is 11.0. The average Bonchev–Trinajstić information content (AvgIpc) is 3.67. The van der Waals surface area contributed by atoms with E-state index in [4.69, 9.17) is 9.47 Å². The summed E-state index contributed by atoms with van der Waals surface area (Å²) in [5.74, 6) is -0.618. The first-order valence-corrected chi connectivity index (χ1v) is 13.5. The van der Waals surface area contributed by atoms with Crippen LogP contribution in [-0.4, -0.2) is 85.3 Å². The zero-order chi connectivity index (χ0) is 26.4. The lowest BCUT2D eigenvalue weighted by Gasteiger charge is -2.29. The number of rotatable bonds is 7. The van der Waals surface area contributed by atoms with Crippen LogP contribution in [0, 0.1) is 5.92 Å². The van der Waals surface area contributed by atoms with Crippen LogP contribution in [0.3, 0.4) is 0 Å². The summed E-state index contributed by atoms with van der Waals surface area (Å²) in [6, 6.07) is 3.61. The number of hydrogen-bond acceptors (Lipinski definition) is 6. The normalized spacial score (nSPS) is 29.4. The van der Waals surface area contributed by atoms with E-state index < -0.39 is 17.6 Å². The zero-order valence-electron chi connectivity index (χ0n) is 21.2. The van der Waals surface area contributed by atoms with Crippen LogP contribution in [0.25, 0.3) is 0 Å². The van der Waals surface area contributed by atoms with E-state index in [1.54, 1.807) is 0 Å². The van der Waals surface area contributed by atoms with Gasteiger partial charge in [0, 0.05) is 68.5 Å². The van der Waals surface area contributed by atoms with Crippen molar-refractivity contribution in [1.29, 1.82) is 0 Å². The number of ketones is 1. The molecule has 4 atom stereocenters. The summed E-state index contributed by atoms with van der Waals surface area (Å²) in [6.45, 7) is 3.10. The minimum absolute atomic E-state index is 0.0147. The first kappa shape index (κ1) is 25.7. The first-order chi connectivity index (χ1) is 18.3. The molecule has 10 heteroatoms. The molecule has 0 aromatic heterocycles. The number of Topliss-reactive ketones (excluding diaryl/α,β-unsaturated/α-hetero) is 1. The maximum atomic E-state index is 13.2. The van der Waals surface area contributed by atoms with Crippen LogP contribution in [0.1, 0.15) is 53.6 Å². The van der Waals surface area contributed by atoms with Gasteiger partial charge >= 0.3 is 6.18 Å². The molecule has 1 amide bonds. The summed E-state index contributed by atoms with van der Waals surface area (Å²) < 4.78 is 51.8. The number of fused-ring (bicyclic) bond motifs is 1. The lowest BCUT2D eigenvalue weighted by molar-refractivity contribution is -0.137. The Morgan fingerprint density at radius 2 is 2.05 bits per heavy atom. The highest BCUT2D eigenvalue weighted by Crippen LogP contribution is 2.38. The molecule has 1 aromatic rings. The average molecular weight is 532 g/mol. The van der Waals surface area contributed by atoms with Crippen LogP contribution in [0.15, 0.2) is 34.5 Å². The molecule has 0 spiro atoms. The third-order valence-electron chi connectivity index (χ3n) is 8.59. The number of hydrogen-bond donors (Lipinski definition) is 0. The van der Waals surface area contributed by atoms with Gasteiger partial charge in [-0.25, -0.2) is 0 Å². The molecule has 1 aliphatic carbocycles. The fourth-order valence-electron chi connectivity index (χ4n) is 6.55. The predicted molar refractivity (Wildman–Crippen MR) is 133 cm³/mol. The van der Waals surface area contributed by atoms with E-state index in [0.29, 0.717) is 31.2 Å². The van der Waals surface area contributed by atoms with Crippen molar-refractivity contribution >= 4 is 17.9 Å². The third kappa shape index (κ3) is 5.05. The van der Waals surface area contributed by atoms with Gasteiger partial charge in [-0.2, -0.15) is 13.2 Å². The van der Waals surface area contributed by atoms with Crippen molar-refractivity contribution in [2.24, 2.45) is 10.9 Å². The van der Waals surface area contributed by atoms with E-state index in [0.717, 1.165) is 63.2 Å². The smallest absolute Gasteiger partial charge is 0.380 e. The van der Waals surface area contributed by atoms with Gasteiger partial charge in [-0.1, -0.05) is 6.07 Å². The number of benzene rings is 1. The number of ether oxygens (including phenoxy) is 2. The van der Waals surface area contributed by atoms with Crippen LogP contribution in [0.2, 0.25) is 0 Å². The van der Waals surface area contributed by atoms with Crippen LogP contribution in [-0.2, 0) is 26.9 Å². The molecule has 2 fully saturated rings. The third-order valence-corrected chi connectivity index (χ3v) is 8.59. The van der Waals surface area contributed by atoms with E-state index in [1.165, 1.54) is 16.5 Å². The van der Waals surface area contributed by atoms with E-state index in [9.17, 15) is 22.8 Å². The summed E-state index contributed by atoms with van der Waals surface area (Å²) >= 11 is 0. The molecule has 0 radical (unpaired) electrons. The largest absolute Gasteiger partial charge is 0.416 e. The van der Waals surface area contributed by atoms with Crippen LogP contribution in [0.4, 0.5) is 13.2 Å². The molecule has 38 heavy (non-hydrogen) atoms. The second-order valence-corrected chi connectivity index (χ2v) is 11.0. The molecular weight excluding hydrogens is 499 g/mol. The van der Waals surface area contributed by atoms with Gasteiger partial charge in [0.25, 0.3) is 5.91 Å². The molecule has 3 unspecified atom stereocenters. The fraction of sp³-hybridized carbons (Fsp3) is 0.607. The fourth-order valence-corrected chi connectivity index (χ4v) is 6.55. The van der Waals surface area contributed by atoms with E-state index in [-0.39, 0.29) is 42.4 Å². The summed E-state index contributed by atoms with van der Waals surface area (Å²) in [4.78, 5) is 34.5. The van der Waals surface area contributed by atoms with Crippen molar-refractivity contribution < 1.29 is 32.2 Å². The van der Waals surface area contributed by atoms with Gasteiger partial charge in [0.05, 0.1) is 30.9 Å². The highest BCUT2D eigenvalue weighted by atomic mass is 19.4. The van der Waals surface area contributed by atoms with Gasteiger partial charge in [0.1, 0.15) is 0 Å². The van der Waals surface area contributed by atoms with Gasteiger partial charge in [0.15, 0.2) is 5.78 Å². The lowest BCUT2D eigenvalue weighted by atomic mass is 9.95. The van der Waals surface area contributed by atoms with Crippen molar-refractivity contribution in [2.45, 2.75) is 63.0 Å². The highest BCUT2D eigenvalue weighted by molar-refractivity contribution is 5.99. The van der Waals surface area contributed by atoms with Gasteiger partial charge in [-0.15, -0.1) is 0 Å². The number of allylic oxidation sites excluding steroid dienone is 1. The Bertz CT molecular complexity index is 1170. The van der Waals surface area contributed by atoms with Crippen molar-refractivity contribution in [3.63, 3.8) is 0 Å². The molecular formula is C28H32F3N3O4. The van der Waals surface area contributed by atoms with E-state index in [1.807, 2.05) is 6.21 Å². The maximum absolute atomic E-state index is 13.2. The zero-order valence-corrected chi connectivity index (χ0v) is 21.2. The van der Waals surface area contributed by atoms with Crippen LogP contribution < -0.4 is 0 Å². The van der Waals surface area contributed by atoms with Crippen molar-refractivity contribution in [3.05, 3.63) is 46.2 Å². The molecule has 204 valence electrons. The number of carbonyl (C=O) groups is 2. The van der Waals surface area contributed by atoms with E-state index in [2.05, 4.69) is 9.89 Å². The van der Waals surface area contributed by atoms with Gasteiger partial charge in [-0.3, -0.25) is 19.5 Å². The quantitative estimate of drug-likeness (QED) is 0.537. The predicted octanol–water partition coefficient (Wildman–Crippen LogP) is 3.66. The van der Waals surface area contributed by atoms with Gasteiger partial charge in [0.2, 0.25) is 0 Å². The molecule has 2 saturated heterocycles. The summed E-state index contributed by atoms with van der Waals surface area (Å²) in [5.41, 5.74) is 2.18. The Morgan fingerprint density at radius 3 is 2.84 bits per heavy atom. The molecule has 4 aliphatic heterocycles. The monoisotopic (exact) mass is 531 g/mol. The minimum atomic E-state index is -4.53. The molecule has 4 heterocycles. The van der Waals surface area contributed by atoms with Crippen molar-refractivity contribution in [3.8, 4) is 0 Å². The molecule has 7 nitrogen and oxygen atoms in total. The summed E-state index contributed by atoms with van der Waals surface area (Å²) in [7, 11) is 0. The molecule has 0 N–H and O–H groups in total. The van der Waals surface area contributed by atoms with Crippen molar-refractivity contribution in [1.82, 2.24) is 9.80 Å². The SMILES string of the molecule is O=C(CC1CN(C2CCOC2)C[C@@H]1OC1CCC2=C1CC=N2)CN1CCc2ccc(C(F)(F)F)cc2C1=O. The highest BCUT2D eigenvalue weighted by Gasteiger charge is 2.42. The van der Waals surface area contributed by atoms with Crippen molar-refractivity contribution in [2.75, 3.05) is 39.4 Å². The number of likely N-dealkylation sites (tertiary alicyclic amines) is 1. The van der Waals surface area contributed by atoms with Crippen LogP contribution >= 0.6 is 0 Å². The number of amides is 1. The van der Waals surface area contributed by atoms with Crippen LogP contribution in [0.5, 0.6) is 0 Å². The van der Waals surface area contributed by atoms with Gasteiger partial charge in [-0.05, 0) is 49.0 Å². The number of nitrogens with zero attached hydrogens (tertiary/aromatic N) is 3. The topological polar surface area (TPSA) is 71.4 Å². The molecule has 0 saturated carbocycles. The second kappa shape index (κ2) is 10.2. The Balaban J connectivity index is 1.12. The maximum Gasteiger partial charge on any atom is 0.416 e. The summed E-state index contributed by atoms with van der Waals surface area (Å²) in [6.07, 6.45) is 1.64. The number of halogens is 3. The number of carbonyl (C=O) groups excluding carboxylic acids is 2. The number of aliphatic imine (C=N–C) groups is 1. The lowest BCUT2D eigenvalue weighted by Crippen LogP contribution is -2.42. The Morgan fingerprint density at radius 1 is 1.18 bits per heavy atom. The summed E-state index contributed by atoms with van der Waals surface area (Å²) in [5, 5.41) is 0. The van der Waals surface area contributed by atoms with Gasteiger partial charge < -0.3 is 14.4 Å². The molecule has 5 aliphatic rings. The standard InChI is InChI=1S/C28H32F3N3O4/c29-28(30,31)19-2-1-17-6-9-33(27(36)23(17)12-19)14-21(35)11-18-13-34(20-7-10-37-16-20)15-26(18)38-25-4-3-24-22(25)5-8-32-24/h1-2,8,12,18,20,25-26H,3-7,9-11,13-16H2/t18?,20?,25?,26-/m0/s1. The molecule has 0 bridgehead atoms. The Labute approximate surface area is 219 Å². The minimum Gasteiger partial charge on any atom is -0.380 e.